The first-order valence-corrected chi connectivity index (χ1v) is 7.90. The number of ether oxygens (including phenoxy) is 1. The zero-order valence-corrected chi connectivity index (χ0v) is 12.6. The molecule has 0 aliphatic carbocycles. The molecular formula is C17H24N2O2. The lowest BCUT2D eigenvalue weighted by atomic mass is 9.89. The first kappa shape index (κ1) is 14.4. The van der Waals surface area contributed by atoms with Crippen molar-refractivity contribution in [3.8, 4) is 5.75 Å². The second-order valence-electron chi connectivity index (χ2n) is 6.34. The number of amides is 1. The number of carbonyl (C=O) groups is 1. The summed E-state index contributed by atoms with van der Waals surface area (Å²) in [7, 11) is 0. The van der Waals surface area contributed by atoms with Gasteiger partial charge in [0.25, 0.3) is 0 Å². The highest BCUT2D eigenvalue weighted by Gasteiger charge is 2.32. The third-order valence-corrected chi connectivity index (χ3v) is 4.82. The Morgan fingerprint density at radius 2 is 2.05 bits per heavy atom. The molecule has 0 bridgehead atoms. The molecule has 1 amide bonds. The van der Waals surface area contributed by atoms with Gasteiger partial charge >= 0.3 is 0 Å². The van der Waals surface area contributed by atoms with Gasteiger partial charge < -0.3 is 15.4 Å². The fourth-order valence-corrected chi connectivity index (χ4v) is 3.39. The number of benzene rings is 1. The Morgan fingerprint density at radius 3 is 2.76 bits per heavy atom. The maximum absolute atomic E-state index is 12.7. The minimum atomic E-state index is -0.0354. The van der Waals surface area contributed by atoms with E-state index in [1.165, 1.54) is 0 Å². The number of hydrogen-bond acceptors (Lipinski definition) is 3. The molecule has 0 aromatic heterocycles. The zero-order valence-electron chi connectivity index (χ0n) is 12.6. The van der Waals surface area contributed by atoms with E-state index in [-0.39, 0.29) is 17.9 Å². The van der Waals surface area contributed by atoms with Crippen LogP contribution in [0.2, 0.25) is 0 Å². The van der Waals surface area contributed by atoms with Crippen LogP contribution >= 0.6 is 0 Å². The van der Waals surface area contributed by atoms with Gasteiger partial charge in [-0.1, -0.05) is 18.2 Å². The van der Waals surface area contributed by atoms with Gasteiger partial charge in [-0.05, 0) is 43.7 Å². The normalized spacial score (nSPS) is 24.1. The molecule has 2 heterocycles. The molecule has 2 N–H and O–H groups in total. The van der Waals surface area contributed by atoms with Crippen molar-refractivity contribution in [3.63, 3.8) is 0 Å². The number of rotatable bonds is 2. The van der Waals surface area contributed by atoms with Crippen LogP contribution in [0.1, 0.15) is 25.3 Å². The monoisotopic (exact) mass is 288 g/mol. The van der Waals surface area contributed by atoms with Gasteiger partial charge in [0, 0.05) is 19.1 Å². The molecule has 4 heteroatoms. The summed E-state index contributed by atoms with van der Waals surface area (Å²) >= 11 is 0. The first-order chi connectivity index (χ1) is 10.1. The highest BCUT2D eigenvalue weighted by Crippen LogP contribution is 2.29. The molecule has 0 radical (unpaired) electrons. The Labute approximate surface area is 126 Å². The fraction of sp³-hybridized carbons (Fsp3) is 0.588. The number of para-hydroxylation sites is 1. The SMILES string of the molecule is CC(N)C1CCN(C(=O)C2COc3ccccc3C2)CC1. The number of fused-ring (bicyclic) bond motifs is 1. The van der Waals surface area contributed by atoms with E-state index in [0.29, 0.717) is 12.5 Å². The molecular weight excluding hydrogens is 264 g/mol. The van der Waals surface area contributed by atoms with Crippen LogP contribution < -0.4 is 10.5 Å². The number of hydrogen-bond donors (Lipinski definition) is 1. The average molecular weight is 288 g/mol. The van der Waals surface area contributed by atoms with Crippen molar-refractivity contribution in [2.45, 2.75) is 32.2 Å². The van der Waals surface area contributed by atoms with Crippen molar-refractivity contribution >= 4 is 5.91 Å². The van der Waals surface area contributed by atoms with Gasteiger partial charge in [-0.3, -0.25) is 4.79 Å². The highest BCUT2D eigenvalue weighted by atomic mass is 16.5. The summed E-state index contributed by atoms with van der Waals surface area (Å²) in [6, 6.07) is 8.23. The fourth-order valence-electron chi connectivity index (χ4n) is 3.39. The number of likely N-dealkylation sites (tertiary alicyclic amines) is 1. The molecule has 21 heavy (non-hydrogen) atoms. The highest BCUT2D eigenvalue weighted by molar-refractivity contribution is 5.80. The number of piperidine rings is 1. The van der Waals surface area contributed by atoms with Crippen LogP contribution in [0.5, 0.6) is 5.75 Å². The lowest BCUT2D eigenvalue weighted by Crippen LogP contribution is -2.46. The second-order valence-corrected chi connectivity index (χ2v) is 6.34. The van der Waals surface area contributed by atoms with Gasteiger partial charge in [0.1, 0.15) is 12.4 Å². The van der Waals surface area contributed by atoms with Crippen molar-refractivity contribution in [2.24, 2.45) is 17.6 Å². The molecule has 0 saturated carbocycles. The van der Waals surface area contributed by atoms with Gasteiger partial charge in [-0.2, -0.15) is 0 Å². The molecule has 2 aliphatic rings. The Morgan fingerprint density at radius 1 is 1.33 bits per heavy atom. The molecule has 1 fully saturated rings. The van der Waals surface area contributed by atoms with E-state index >= 15 is 0 Å². The maximum atomic E-state index is 12.7. The summed E-state index contributed by atoms with van der Waals surface area (Å²) in [5.41, 5.74) is 7.11. The molecule has 2 unspecified atom stereocenters. The van der Waals surface area contributed by atoms with Crippen LogP contribution in [0.3, 0.4) is 0 Å². The maximum Gasteiger partial charge on any atom is 0.229 e. The minimum Gasteiger partial charge on any atom is -0.492 e. The van der Waals surface area contributed by atoms with Gasteiger partial charge in [0.15, 0.2) is 0 Å². The third-order valence-electron chi connectivity index (χ3n) is 4.82. The van der Waals surface area contributed by atoms with Crippen LogP contribution in [-0.2, 0) is 11.2 Å². The van der Waals surface area contributed by atoms with E-state index in [1.807, 2.05) is 23.1 Å². The Hall–Kier alpha value is -1.55. The van der Waals surface area contributed by atoms with Crippen LogP contribution in [0, 0.1) is 11.8 Å². The molecule has 1 aromatic rings. The van der Waals surface area contributed by atoms with Gasteiger partial charge in [0.05, 0.1) is 5.92 Å². The standard InChI is InChI=1S/C17H24N2O2/c1-12(18)13-6-8-19(9-7-13)17(20)15-10-14-4-2-3-5-16(14)21-11-15/h2-5,12-13,15H,6-11,18H2,1H3. The third kappa shape index (κ3) is 3.05. The molecule has 1 saturated heterocycles. The van der Waals surface area contributed by atoms with Crippen molar-refractivity contribution in [1.82, 2.24) is 4.90 Å². The van der Waals surface area contributed by atoms with E-state index in [2.05, 4.69) is 13.0 Å². The minimum absolute atomic E-state index is 0.0354. The summed E-state index contributed by atoms with van der Waals surface area (Å²) < 4.78 is 5.74. The lowest BCUT2D eigenvalue weighted by molar-refractivity contribution is -0.138. The van der Waals surface area contributed by atoms with Crippen molar-refractivity contribution in [3.05, 3.63) is 29.8 Å². The van der Waals surface area contributed by atoms with Gasteiger partial charge in [-0.25, -0.2) is 0 Å². The van der Waals surface area contributed by atoms with E-state index in [1.54, 1.807) is 0 Å². The second kappa shape index (κ2) is 6.06. The molecule has 4 nitrogen and oxygen atoms in total. The van der Waals surface area contributed by atoms with E-state index < -0.39 is 0 Å². The van der Waals surface area contributed by atoms with Crippen molar-refractivity contribution in [2.75, 3.05) is 19.7 Å². The summed E-state index contributed by atoms with van der Waals surface area (Å²) in [5.74, 6) is 1.69. The van der Waals surface area contributed by atoms with Gasteiger partial charge in [0.2, 0.25) is 5.91 Å². The summed E-state index contributed by atoms with van der Waals surface area (Å²) in [6.07, 6.45) is 2.84. The quantitative estimate of drug-likeness (QED) is 0.903. The van der Waals surface area contributed by atoms with Crippen LogP contribution in [0.25, 0.3) is 0 Å². The molecule has 0 spiro atoms. The molecule has 114 valence electrons. The Balaban J connectivity index is 1.60. The Kier molecular flexibility index (Phi) is 4.15. The van der Waals surface area contributed by atoms with E-state index in [9.17, 15) is 4.79 Å². The topological polar surface area (TPSA) is 55.6 Å². The van der Waals surface area contributed by atoms with Crippen molar-refractivity contribution in [1.29, 1.82) is 0 Å². The number of nitrogens with zero attached hydrogens (tertiary/aromatic N) is 1. The summed E-state index contributed by atoms with van der Waals surface area (Å²) in [6.45, 7) is 4.24. The van der Waals surface area contributed by atoms with Crippen LogP contribution in [0.15, 0.2) is 24.3 Å². The molecule has 1 aromatic carbocycles. The predicted molar refractivity (Wildman–Crippen MR) is 82.1 cm³/mol. The summed E-state index contributed by atoms with van der Waals surface area (Å²) in [5, 5.41) is 0. The number of carbonyl (C=O) groups excluding carboxylic acids is 1. The first-order valence-electron chi connectivity index (χ1n) is 7.90. The van der Waals surface area contributed by atoms with Crippen LogP contribution in [-0.4, -0.2) is 36.5 Å². The molecule has 2 atom stereocenters. The average Bonchev–Trinajstić information content (AvgIpc) is 2.54. The predicted octanol–water partition coefficient (Wildman–Crippen LogP) is 1.82. The summed E-state index contributed by atoms with van der Waals surface area (Å²) in [4.78, 5) is 14.7. The molecule has 2 aliphatic heterocycles. The smallest absolute Gasteiger partial charge is 0.229 e. The largest absolute Gasteiger partial charge is 0.492 e. The van der Waals surface area contributed by atoms with Gasteiger partial charge in [-0.15, -0.1) is 0 Å². The van der Waals surface area contributed by atoms with Crippen molar-refractivity contribution < 1.29 is 9.53 Å². The zero-order chi connectivity index (χ0) is 14.8. The van der Waals surface area contributed by atoms with Crippen LogP contribution in [0.4, 0.5) is 0 Å². The Bertz CT molecular complexity index is 507. The van der Waals surface area contributed by atoms with E-state index in [4.69, 9.17) is 10.5 Å². The molecule has 3 rings (SSSR count). The van der Waals surface area contributed by atoms with E-state index in [0.717, 1.165) is 43.7 Å². The number of nitrogens with two attached hydrogens (primary N) is 1. The lowest BCUT2D eigenvalue weighted by Gasteiger charge is -2.36.